The highest BCUT2D eigenvalue weighted by molar-refractivity contribution is 7.99. The standard InChI is InChI=1S/C14H24N2O2S/c1-3-5-11-14(18)16(10-6-8-19-9-7-10)12(4-2)13(17)15-11/h10-12H,3-9H2,1-2H3,(H,15,17). The van der Waals surface area contributed by atoms with Gasteiger partial charge in [0.05, 0.1) is 0 Å². The molecule has 2 rings (SSSR count). The summed E-state index contributed by atoms with van der Waals surface area (Å²) in [5.41, 5.74) is 0. The fraction of sp³-hybridized carbons (Fsp3) is 0.857. The van der Waals surface area contributed by atoms with Crippen molar-refractivity contribution in [3.8, 4) is 0 Å². The van der Waals surface area contributed by atoms with Crippen LogP contribution in [0.25, 0.3) is 0 Å². The highest BCUT2D eigenvalue weighted by Gasteiger charge is 2.42. The number of piperazine rings is 1. The molecule has 2 aliphatic rings. The summed E-state index contributed by atoms with van der Waals surface area (Å²) in [6.45, 7) is 4.04. The van der Waals surface area contributed by atoms with Crippen molar-refractivity contribution in [2.45, 2.75) is 64.1 Å². The maximum atomic E-state index is 12.6. The van der Waals surface area contributed by atoms with Crippen LogP contribution < -0.4 is 5.32 Å². The second-order valence-electron chi connectivity index (χ2n) is 5.36. The first kappa shape index (κ1) is 14.7. The first-order valence-corrected chi connectivity index (χ1v) is 8.54. The Morgan fingerprint density at radius 3 is 2.53 bits per heavy atom. The average molecular weight is 284 g/mol. The van der Waals surface area contributed by atoms with E-state index < -0.39 is 0 Å². The number of thioether (sulfide) groups is 1. The first-order chi connectivity index (χ1) is 9.19. The number of nitrogens with one attached hydrogen (secondary N) is 1. The van der Waals surface area contributed by atoms with Crippen molar-refractivity contribution < 1.29 is 9.59 Å². The lowest BCUT2D eigenvalue weighted by Crippen LogP contribution is -2.65. The molecule has 5 heteroatoms. The lowest BCUT2D eigenvalue weighted by molar-refractivity contribution is -0.152. The van der Waals surface area contributed by atoms with E-state index in [1.54, 1.807) is 0 Å². The van der Waals surface area contributed by atoms with Crippen LogP contribution in [0, 0.1) is 0 Å². The van der Waals surface area contributed by atoms with Gasteiger partial charge in [-0.3, -0.25) is 9.59 Å². The maximum absolute atomic E-state index is 12.6. The van der Waals surface area contributed by atoms with E-state index in [-0.39, 0.29) is 29.9 Å². The zero-order valence-electron chi connectivity index (χ0n) is 11.9. The van der Waals surface area contributed by atoms with Crippen molar-refractivity contribution in [1.82, 2.24) is 10.2 Å². The Morgan fingerprint density at radius 2 is 1.95 bits per heavy atom. The number of amides is 2. The monoisotopic (exact) mass is 284 g/mol. The molecule has 0 spiro atoms. The molecule has 19 heavy (non-hydrogen) atoms. The van der Waals surface area contributed by atoms with Crippen LogP contribution in [-0.4, -0.2) is 46.3 Å². The Kier molecular flexibility index (Phi) is 5.13. The van der Waals surface area contributed by atoms with Gasteiger partial charge in [-0.25, -0.2) is 0 Å². The van der Waals surface area contributed by atoms with E-state index >= 15 is 0 Å². The van der Waals surface area contributed by atoms with Crippen LogP contribution in [0.3, 0.4) is 0 Å². The Balaban J connectivity index is 2.17. The van der Waals surface area contributed by atoms with Crippen LogP contribution in [0.4, 0.5) is 0 Å². The molecule has 2 fully saturated rings. The summed E-state index contributed by atoms with van der Waals surface area (Å²) in [7, 11) is 0. The summed E-state index contributed by atoms with van der Waals surface area (Å²) in [6, 6.07) is -0.285. The van der Waals surface area contributed by atoms with Crippen LogP contribution in [0.15, 0.2) is 0 Å². The molecule has 2 amide bonds. The molecule has 0 aliphatic carbocycles. The second-order valence-corrected chi connectivity index (χ2v) is 6.59. The topological polar surface area (TPSA) is 49.4 Å². The minimum Gasteiger partial charge on any atom is -0.343 e. The summed E-state index contributed by atoms with van der Waals surface area (Å²) in [5, 5.41) is 2.90. The van der Waals surface area contributed by atoms with Crippen LogP contribution >= 0.6 is 11.8 Å². The minimum atomic E-state index is -0.296. The molecule has 2 unspecified atom stereocenters. The number of hydrogen-bond donors (Lipinski definition) is 1. The molecule has 2 heterocycles. The van der Waals surface area contributed by atoms with Gasteiger partial charge >= 0.3 is 0 Å². The van der Waals surface area contributed by atoms with Gasteiger partial charge in [0.15, 0.2) is 0 Å². The van der Waals surface area contributed by atoms with Crippen molar-refractivity contribution in [3.05, 3.63) is 0 Å². The Morgan fingerprint density at radius 1 is 1.26 bits per heavy atom. The third-order valence-electron chi connectivity index (χ3n) is 4.06. The normalized spacial score (nSPS) is 29.5. The number of rotatable bonds is 4. The van der Waals surface area contributed by atoms with Gasteiger partial charge < -0.3 is 10.2 Å². The van der Waals surface area contributed by atoms with E-state index in [1.807, 2.05) is 30.5 Å². The quantitative estimate of drug-likeness (QED) is 0.856. The van der Waals surface area contributed by atoms with Crippen LogP contribution in [-0.2, 0) is 9.59 Å². The highest BCUT2D eigenvalue weighted by Crippen LogP contribution is 2.27. The predicted molar refractivity (Wildman–Crippen MR) is 78.1 cm³/mol. The SMILES string of the molecule is CCCC1NC(=O)C(CC)N(C2CCSCC2)C1=O. The third kappa shape index (κ3) is 3.07. The summed E-state index contributed by atoms with van der Waals surface area (Å²) < 4.78 is 0. The molecular formula is C14H24N2O2S. The molecule has 0 radical (unpaired) electrons. The van der Waals surface area contributed by atoms with E-state index in [0.717, 1.165) is 37.2 Å². The Bertz CT molecular complexity index is 342. The average Bonchev–Trinajstić information content (AvgIpc) is 2.43. The van der Waals surface area contributed by atoms with Gasteiger partial charge in [0.25, 0.3) is 0 Å². The second kappa shape index (κ2) is 6.64. The van der Waals surface area contributed by atoms with Crippen molar-refractivity contribution in [2.75, 3.05) is 11.5 Å². The van der Waals surface area contributed by atoms with Crippen molar-refractivity contribution >= 4 is 23.6 Å². The zero-order chi connectivity index (χ0) is 13.8. The van der Waals surface area contributed by atoms with Crippen molar-refractivity contribution in [1.29, 1.82) is 0 Å². The van der Waals surface area contributed by atoms with Gasteiger partial charge in [-0.2, -0.15) is 11.8 Å². The van der Waals surface area contributed by atoms with Gasteiger partial charge in [-0.15, -0.1) is 0 Å². The molecule has 108 valence electrons. The number of hydrogen-bond acceptors (Lipinski definition) is 3. The summed E-state index contributed by atoms with van der Waals surface area (Å²) in [6.07, 6.45) is 4.43. The zero-order valence-corrected chi connectivity index (χ0v) is 12.7. The molecule has 0 aromatic rings. The summed E-state index contributed by atoms with van der Waals surface area (Å²) in [5.74, 6) is 2.39. The molecule has 0 bridgehead atoms. The molecule has 0 aromatic carbocycles. The van der Waals surface area contributed by atoms with Gasteiger partial charge in [0.1, 0.15) is 12.1 Å². The highest BCUT2D eigenvalue weighted by atomic mass is 32.2. The van der Waals surface area contributed by atoms with E-state index in [4.69, 9.17) is 0 Å². The van der Waals surface area contributed by atoms with Crippen molar-refractivity contribution in [2.24, 2.45) is 0 Å². The van der Waals surface area contributed by atoms with Gasteiger partial charge in [0, 0.05) is 6.04 Å². The van der Waals surface area contributed by atoms with Gasteiger partial charge in [-0.05, 0) is 37.2 Å². The molecule has 4 nitrogen and oxygen atoms in total. The predicted octanol–water partition coefficient (Wildman–Crippen LogP) is 1.79. The largest absolute Gasteiger partial charge is 0.343 e. The molecule has 2 atom stereocenters. The smallest absolute Gasteiger partial charge is 0.246 e. The molecular weight excluding hydrogens is 260 g/mol. The van der Waals surface area contributed by atoms with Crippen LogP contribution in [0.2, 0.25) is 0 Å². The first-order valence-electron chi connectivity index (χ1n) is 7.39. The van der Waals surface area contributed by atoms with E-state index in [1.165, 1.54) is 0 Å². The van der Waals surface area contributed by atoms with E-state index in [2.05, 4.69) is 5.32 Å². The number of carbonyl (C=O) groups excluding carboxylic acids is 2. The molecule has 0 saturated carbocycles. The van der Waals surface area contributed by atoms with E-state index in [9.17, 15) is 9.59 Å². The Hall–Kier alpha value is -0.710. The summed E-state index contributed by atoms with van der Waals surface area (Å²) >= 11 is 1.95. The van der Waals surface area contributed by atoms with Gasteiger partial charge in [0.2, 0.25) is 11.8 Å². The maximum Gasteiger partial charge on any atom is 0.246 e. The fourth-order valence-corrected chi connectivity index (χ4v) is 4.14. The Labute approximate surface area is 119 Å². The molecule has 2 aliphatic heterocycles. The fourth-order valence-electron chi connectivity index (χ4n) is 3.05. The minimum absolute atomic E-state index is 0.0405. The van der Waals surface area contributed by atoms with Gasteiger partial charge in [-0.1, -0.05) is 20.3 Å². The van der Waals surface area contributed by atoms with Crippen molar-refractivity contribution in [3.63, 3.8) is 0 Å². The number of carbonyl (C=O) groups is 2. The third-order valence-corrected chi connectivity index (χ3v) is 5.10. The lowest BCUT2D eigenvalue weighted by Gasteiger charge is -2.44. The molecule has 2 saturated heterocycles. The number of nitrogens with zero attached hydrogens (tertiary/aromatic N) is 1. The van der Waals surface area contributed by atoms with Crippen LogP contribution in [0.1, 0.15) is 46.0 Å². The van der Waals surface area contributed by atoms with Crippen LogP contribution in [0.5, 0.6) is 0 Å². The summed E-state index contributed by atoms with van der Waals surface area (Å²) in [4.78, 5) is 26.7. The molecule has 1 N–H and O–H groups in total. The van der Waals surface area contributed by atoms with E-state index in [0.29, 0.717) is 6.42 Å². The molecule has 0 aromatic heterocycles. The lowest BCUT2D eigenvalue weighted by atomic mass is 9.97.